The fourth-order valence-corrected chi connectivity index (χ4v) is 3.83. The number of hydrogen-bond donors (Lipinski definition) is 0. The van der Waals surface area contributed by atoms with Crippen LogP contribution in [-0.4, -0.2) is 41.8 Å². The van der Waals surface area contributed by atoms with Gasteiger partial charge in [0.05, 0.1) is 18.6 Å². The number of benzene rings is 1. The molecule has 2 aromatic heterocycles. The number of imidazole rings is 1. The summed E-state index contributed by atoms with van der Waals surface area (Å²) in [6.07, 6.45) is 6.90. The number of para-hydroxylation sites is 1. The van der Waals surface area contributed by atoms with E-state index in [0.29, 0.717) is 11.6 Å². The van der Waals surface area contributed by atoms with E-state index in [-0.39, 0.29) is 5.82 Å². The lowest BCUT2D eigenvalue weighted by atomic mass is 10.0. The van der Waals surface area contributed by atoms with Crippen LogP contribution >= 0.6 is 0 Å². The fourth-order valence-electron chi connectivity index (χ4n) is 3.83. The molecule has 6 nitrogen and oxygen atoms in total. The van der Waals surface area contributed by atoms with Crippen LogP contribution < -0.4 is 0 Å². The minimum absolute atomic E-state index is 0.247. The maximum absolute atomic E-state index is 14.1. The van der Waals surface area contributed by atoms with Gasteiger partial charge in [0.15, 0.2) is 5.82 Å². The minimum Gasteiger partial charge on any atom is -0.327 e. The van der Waals surface area contributed by atoms with E-state index in [0.717, 1.165) is 43.9 Å². The highest BCUT2D eigenvalue weighted by Crippen LogP contribution is 2.24. The Kier molecular flexibility index (Phi) is 4.48. The summed E-state index contributed by atoms with van der Waals surface area (Å²) in [6, 6.07) is 5.59. The Labute approximate surface area is 146 Å². The molecule has 4 rings (SSSR count). The van der Waals surface area contributed by atoms with Crippen molar-refractivity contribution in [3.05, 3.63) is 42.5 Å². The van der Waals surface area contributed by atoms with Crippen LogP contribution in [0, 0.1) is 5.82 Å². The predicted molar refractivity (Wildman–Crippen MR) is 93.4 cm³/mol. The zero-order chi connectivity index (χ0) is 17.2. The summed E-state index contributed by atoms with van der Waals surface area (Å²) < 4.78 is 18.1. The highest BCUT2D eigenvalue weighted by atomic mass is 19.1. The molecule has 25 heavy (non-hydrogen) atoms. The van der Waals surface area contributed by atoms with Crippen molar-refractivity contribution >= 4 is 11.0 Å². The molecule has 132 valence electrons. The Hall–Kier alpha value is -2.28. The minimum atomic E-state index is -0.247. The highest BCUT2D eigenvalue weighted by Gasteiger charge is 2.25. The van der Waals surface area contributed by atoms with E-state index in [9.17, 15) is 4.39 Å². The molecular formula is C18H23FN6. The summed E-state index contributed by atoms with van der Waals surface area (Å²) in [5, 5.41) is 4.24. The van der Waals surface area contributed by atoms with E-state index in [1.54, 1.807) is 18.7 Å². The van der Waals surface area contributed by atoms with Crippen LogP contribution in [0.15, 0.2) is 30.9 Å². The summed E-state index contributed by atoms with van der Waals surface area (Å²) in [7, 11) is 0. The van der Waals surface area contributed by atoms with Crippen molar-refractivity contribution in [2.45, 2.75) is 51.9 Å². The summed E-state index contributed by atoms with van der Waals surface area (Å²) >= 11 is 0. The molecule has 0 bridgehead atoms. The largest absolute Gasteiger partial charge is 0.327 e. The molecule has 0 unspecified atom stereocenters. The summed E-state index contributed by atoms with van der Waals surface area (Å²) in [6.45, 7) is 5.48. The van der Waals surface area contributed by atoms with Gasteiger partial charge in [0.25, 0.3) is 0 Å². The monoisotopic (exact) mass is 342 g/mol. The Morgan fingerprint density at radius 1 is 1.28 bits per heavy atom. The molecule has 1 aliphatic rings. The van der Waals surface area contributed by atoms with Crippen LogP contribution in [0.4, 0.5) is 4.39 Å². The zero-order valence-electron chi connectivity index (χ0n) is 14.5. The first-order valence-electron chi connectivity index (χ1n) is 8.96. The molecule has 0 amide bonds. The van der Waals surface area contributed by atoms with Crippen molar-refractivity contribution in [2.24, 2.45) is 0 Å². The first kappa shape index (κ1) is 16.2. The molecule has 0 aliphatic carbocycles. The van der Waals surface area contributed by atoms with Crippen molar-refractivity contribution in [2.75, 3.05) is 6.54 Å². The lowest BCUT2D eigenvalue weighted by molar-refractivity contribution is 0.117. The van der Waals surface area contributed by atoms with Crippen LogP contribution in [0.3, 0.4) is 0 Å². The van der Waals surface area contributed by atoms with E-state index in [4.69, 9.17) is 0 Å². The molecule has 1 saturated heterocycles. The van der Waals surface area contributed by atoms with Gasteiger partial charge in [-0.1, -0.05) is 12.5 Å². The van der Waals surface area contributed by atoms with Gasteiger partial charge in [0.1, 0.15) is 24.0 Å². The predicted octanol–water partition coefficient (Wildman–Crippen LogP) is 2.84. The molecule has 3 aromatic rings. The molecule has 1 atom stereocenters. The molecule has 7 heteroatoms. The molecular weight excluding hydrogens is 319 g/mol. The maximum Gasteiger partial charge on any atom is 0.151 e. The average molecular weight is 342 g/mol. The van der Waals surface area contributed by atoms with Gasteiger partial charge < -0.3 is 4.57 Å². The van der Waals surface area contributed by atoms with Gasteiger partial charge >= 0.3 is 0 Å². The zero-order valence-corrected chi connectivity index (χ0v) is 14.5. The number of nitrogens with zero attached hydrogens (tertiary/aromatic N) is 6. The number of hydrogen-bond acceptors (Lipinski definition) is 4. The Morgan fingerprint density at radius 2 is 2.20 bits per heavy atom. The van der Waals surface area contributed by atoms with Crippen LogP contribution in [0.5, 0.6) is 0 Å². The van der Waals surface area contributed by atoms with Crippen molar-refractivity contribution in [1.82, 2.24) is 29.2 Å². The molecule has 0 N–H and O–H groups in total. The Morgan fingerprint density at radius 3 is 3.00 bits per heavy atom. The number of halogens is 1. The second kappa shape index (κ2) is 6.92. The second-order valence-corrected chi connectivity index (χ2v) is 6.62. The Bertz CT molecular complexity index is 841. The van der Waals surface area contributed by atoms with Crippen molar-refractivity contribution in [3.8, 4) is 0 Å². The SMILES string of the molecule is CCn1c(CN2CCCC[C@@H]2Cn2cncn2)nc2c(F)cccc21. The maximum atomic E-state index is 14.1. The van der Waals surface area contributed by atoms with Gasteiger partial charge in [0.2, 0.25) is 0 Å². The molecule has 1 fully saturated rings. The van der Waals surface area contributed by atoms with Gasteiger partial charge in [-0.15, -0.1) is 0 Å². The second-order valence-electron chi connectivity index (χ2n) is 6.62. The highest BCUT2D eigenvalue weighted by molar-refractivity contribution is 5.76. The molecule has 0 saturated carbocycles. The average Bonchev–Trinajstić information content (AvgIpc) is 3.24. The summed E-state index contributed by atoms with van der Waals surface area (Å²) in [5.74, 6) is 0.692. The van der Waals surface area contributed by atoms with E-state index in [2.05, 4.69) is 31.5 Å². The van der Waals surface area contributed by atoms with Crippen molar-refractivity contribution in [3.63, 3.8) is 0 Å². The number of fused-ring (bicyclic) bond motifs is 1. The van der Waals surface area contributed by atoms with Crippen molar-refractivity contribution in [1.29, 1.82) is 0 Å². The molecule has 0 spiro atoms. The van der Waals surface area contributed by atoms with Crippen molar-refractivity contribution < 1.29 is 4.39 Å². The molecule has 0 radical (unpaired) electrons. The fraction of sp³-hybridized carbons (Fsp3) is 0.500. The first-order chi connectivity index (χ1) is 12.3. The van der Waals surface area contributed by atoms with E-state index >= 15 is 0 Å². The number of aryl methyl sites for hydroxylation is 1. The van der Waals surface area contributed by atoms with Gasteiger partial charge in [0, 0.05) is 12.6 Å². The van der Waals surface area contributed by atoms with E-state index in [1.807, 2.05) is 10.7 Å². The van der Waals surface area contributed by atoms with Gasteiger partial charge in [-0.25, -0.2) is 14.4 Å². The van der Waals surface area contributed by atoms with Crippen LogP contribution in [0.2, 0.25) is 0 Å². The molecule has 3 heterocycles. The van der Waals surface area contributed by atoms with Crippen LogP contribution in [0.25, 0.3) is 11.0 Å². The smallest absolute Gasteiger partial charge is 0.151 e. The first-order valence-corrected chi connectivity index (χ1v) is 8.96. The quantitative estimate of drug-likeness (QED) is 0.715. The number of likely N-dealkylation sites (tertiary alicyclic amines) is 1. The van der Waals surface area contributed by atoms with Crippen LogP contribution in [0.1, 0.15) is 32.0 Å². The molecule has 1 aromatic carbocycles. The number of rotatable bonds is 5. The number of piperidine rings is 1. The van der Waals surface area contributed by atoms with Gasteiger partial charge in [-0.2, -0.15) is 5.10 Å². The van der Waals surface area contributed by atoms with E-state index in [1.165, 1.54) is 18.9 Å². The summed E-state index contributed by atoms with van der Waals surface area (Å²) in [5.41, 5.74) is 1.35. The number of aromatic nitrogens is 5. The standard InChI is InChI=1S/C18H23FN6/c1-2-25-16-8-5-7-15(19)18(16)22-17(25)11-23-9-4-3-6-14(23)10-24-13-20-12-21-24/h5,7-8,12-14H,2-4,6,9-11H2,1H3/t14-/m1/s1. The van der Waals surface area contributed by atoms with Gasteiger partial charge in [-0.05, 0) is 38.4 Å². The lowest BCUT2D eigenvalue weighted by Gasteiger charge is -2.35. The Balaban J connectivity index is 1.61. The third-order valence-electron chi connectivity index (χ3n) is 5.08. The summed E-state index contributed by atoms with van der Waals surface area (Å²) in [4.78, 5) is 11.1. The van der Waals surface area contributed by atoms with E-state index < -0.39 is 0 Å². The third kappa shape index (κ3) is 3.16. The lowest BCUT2D eigenvalue weighted by Crippen LogP contribution is -2.42. The topological polar surface area (TPSA) is 51.8 Å². The van der Waals surface area contributed by atoms with Crippen LogP contribution in [-0.2, 0) is 19.6 Å². The van der Waals surface area contributed by atoms with Gasteiger partial charge in [-0.3, -0.25) is 9.58 Å². The normalized spacial score (nSPS) is 18.9. The third-order valence-corrected chi connectivity index (χ3v) is 5.08. The molecule has 1 aliphatic heterocycles.